The maximum absolute atomic E-state index is 12.8. The number of nitrogens with one attached hydrogen (secondary N) is 1. The van der Waals surface area contributed by atoms with Gasteiger partial charge in [0.25, 0.3) is 5.91 Å². The summed E-state index contributed by atoms with van der Waals surface area (Å²) in [4.78, 5) is 17.1. The molecule has 0 aliphatic carbocycles. The molecule has 4 aromatic rings. The molecule has 2 aromatic carbocycles. The first-order valence-electron chi connectivity index (χ1n) is 8.81. The van der Waals surface area contributed by atoms with E-state index in [4.69, 9.17) is 4.74 Å². The average molecular weight is 370 g/mol. The molecule has 0 saturated carbocycles. The number of carbonyl (C=O) groups is 1. The van der Waals surface area contributed by atoms with Crippen LogP contribution >= 0.6 is 0 Å². The number of hydrogen-bond donors (Lipinski definition) is 1. The number of carbonyl (C=O) groups excluding carboxylic acids is 1. The summed E-state index contributed by atoms with van der Waals surface area (Å²) in [5.41, 5.74) is 1.76. The van der Waals surface area contributed by atoms with E-state index in [2.05, 4.69) is 15.4 Å². The Bertz CT molecular complexity index is 1090. The van der Waals surface area contributed by atoms with Crippen molar-refractivity contribution < 1.29 is 9.53 Å². The van der Waals surface area contributed by atoms with Crippen LogP contribution in [0.15, 0.2) is 85.2 Å². The molecule has 6 nitrogen and oxygen atoms in total. The summed E-state index contributed by atoms with van der Waals surface area (Å²) >= 11 is 0. The summed E-state index contributed by atoms with van der Waals surface area (Å²) in [7, 11) is 0. The van der Waals surface area contributed by atoms with Gasteiger partial charge in [0.2, 0.25) is 0 Å². The van der Waals surface area contributed by atoms with Crippen LogP contribution in [0.5, 0.6) is 11.5 Å². The van der Waals surface area contributed by atoms with Crippen molar-refractivity contribution in [1.82, 2.24) is 14.8 Å². The molecule has 0 radical (unpaired) electrons. The Morgan fingerprint density at radius 3 is 2.50 bits per heavy atom. The van der Waals surface area contributed by atoms with Gasteiger partial charge >= 0.3 is 0 Å². The minimum Gasteiger partial charge on any atom is -0.455 e. The van der Waals surface area contributed by atoms with Crippen LogP contribution in [0.25, 0.3) is 5.82 Å². The van der Waals surface area contributed by atoms with Crippen molar-refractivity contribution in [3.8, 4) is 17.3 Å². The predicted octanol–water partition coefficient (Wildman–Crippen LogP) is 4.62. The van der Waals surface area contributed by atoms with Crippen LogP contribution in [0.2, 0.25) is 0 Å². The Kier molecular flexibility index (Phi) is 4.84. The van der Waals surface area contributed by atoms with E-state index in [1.807, 2.05) is 73.7 Å². The topological polar surface area (TPSA) is 69.0 Å². The molecule has 0 unspecified atom stereocenters. The second-order valence-electron chi connectivity index (χ2n) is 6.11. The van der Waals surface area contributed by atoms with Crippen molar-refractivity contribution in [3.05, 3.63) is 96.4 Å². The lowest BCUT2D eigenvalue weighted by Crippen LogP contribution is -2.14. The largest absolute Gasteiger partial charge is 0.455 e. The first-order chi connectivity index (χ1) is 13.7. The molecule has 0 bridgehead atoms. The Labute approximate surface area is 162 Å². The Hall–Kier alpha value is -3.93. The molecule has 138 valence electrons. The number of pyridine rings is 1. The van der Waals surface area contributed by atoms with Gasteiger partial charge in [-0.2, -0.15) is 5.10 Å². The maximum Gasteiger partial charge on any atom is 0.259 e. The number of benzene rings is 2. The van der Waals surface area contributed by atoms with Crippen molar-refractivity contribution in [2.75, 3.05) is 5.32 Å². The van der Waals surface area contributed by atoms with Crippen molar-refractivity contribution in [1.29, 1.82) is 0 Å². The molecule has 1 amide bonds. The fraction of sp³-hybridized carbons (Fsp3) is 0.0455. The number of ether oxygens (including phenoxy) is 1. The third-order valence-electron chi connectivity index (χ3n) is 4.23. The lowest BCUT2D eigenvalue weighted by molar-refractivity contribution is 0.102. The van der Waals surface area contributed by atoms with Crippen molar-refractivity contribution in [2.24, 2.45) is 0 Å². The fourth-order valence-electron chi connectivity index (χ4n) is 2.81. The second kappa shape index (κ2) is 7.75. The minimum atomic E-state index is -0.260. The summed E-state index contributed by atoms with van der Waals surface area (Å²) in [5.74, 6) is 1.66. The van der Waals surface area contributed by atoms with E-state index in [1.165, 1.54) is 0 Å². The standard InChI is InChI=1S/C22H18N4O2/c1-16-18(15-24-26(16)21-13-7-8-14-23-21)22(27)25-19-11-5-6-12-20(19)28-17-9-3-2-4-10-17/h2-15H,1H3,(H,25,27). The van der Waals surface area contributed by atoms with E-state index in [1.54, 1.807) is 23.1 Å². The number of hydrogen-bond acceptors (Lipinski definition) is 4. The second-order valence-corrected chi connectivity index (χ2v) is 6.11. The third-order valence-corrected chi connectivity index (χ3v) is 4.23. The zero-order chi connectivity index (χ0) is 19.3. The summed E-state index contributed by atoms with van der Waals surface area (Å²) in [6.07, 6.45) is 3.23. The summed E-state index contributed by atoms with van der Waals surface area (Å²) in [6.45, 7) is 1.84. The highest BCUT2D eigenvalue weighted by Gasteiger charge is 2.17. The van der Waals surface area contributed by atoms with Gasteiger partial charge in [-0.25, -0.2) is 9.67 Å². The molecule has 2 aromatic heterocycles. The smallest absolute Gasteiger partial charge is 0.259 e. The molecule has 0 spiro atoms. The lowest BCUT2D eigenvalue weighted by atomic mass is 10.2. The number of para-hydroxylation sites is 3. The molecule has 0 atom stereocenters. The van der Waals surface area contributed by atoms with Gasteiger partial charge in [-0.15, -0.1) is 0 Å². The molecule has 0 fully saturated rings. The van der Waals surface area contributed by atoms with Gasteiger partial charge in [-0.05, 0) is 43.3 Å². The van der Waals surface area contributed by atoms with Gasteiger partial charge in [0.15, 0.2) is 11.6 Å². The Morgan fingerprint density at radius 1 is 0.964 bits per heavy atom. The van der Waals surface area contributed by atoms with Crippen LogP contribution in [0.4, 0.5) is 5.69 Å². The van der Waals surface area contributed by atoms with E-state index in [-0.39, 0.29) is 5.91 Å². The molecular weight excluding hydrogens is 352 g/mol. The molecule has 0 aliphatic heterocycles. The number of nitrogens with zero attached hydrogens (tertiary/aromatic N) is 3. The molecule has 1 N–H and O–H groups in total. The molecule has 0 saturated heterocycles. The van der Waals surface area contributed by atoms with Crippen LogP contribution in [0.1, 0.15) is 16.1 Å². The normalized spacial score (nSPS) is 10.5. The van der Waals surface area contributed by atoms with E-state index in [0.29, 0.717) is 34.3 Å². The highest BCUT2D eigenvalue weighted by atomic mass is 16.5. The van der Waals surface area contributed by atoms with Crippen LogP contribution < -0.4 is 10.1 Å². The Morgan fingerprint density at radius 2 is 1.71 bits per heavy atom. The third kappa shape index (κ3) is 3.61. The fourth-order valence-corrected chi connectivity index (χ4v) is 2.81. The van der Waals surface area contributed by atoms with E-state index in [9.17, 15) is 4.79 Å². The summed E-state index contributed by atoms with van der Waals surface area (Å²) in [6, 6.07) is 22.3. The summed E-state index contributed by atoms with van der Waals surface area (Å²) < 4.78 is 7.55. The number of aromatic nitrogens is 3. The molecule has 4 rings (SSSR count). The quantitative estimate of drug-likeness (QED) is 0.556. The molecule has 2 heterocycles. The monoisotopic (exact) mass is 370 g/mol. The van der Waals surface area contributed by atoms with E-state index < -0.39 is 0 Å². The van der Waals surface area contributed by atoms with Crippen LogP contribution in [0, 0.1) is 6.92 Å². The van der Waals surface area contributed by atoms with Crippen molar-refractivity contribution in [3.63, 3.8) is 0 Å². The maximum atomic E-state index is 12.8. The highest BCUT2D eigenvalue weighted by molar-refractivity contribution is 6.05. The minimum absolute atomic E-state index is 0.260. The van der Waals surface area contributed by atoms with E-state index >= 15 is 0 Å². The number of amides is 1. The Balaban J connectivity index is 1.58. The SMILES string of the molecule is Cc1c(C(=O)Nc2ccccc2Oc2ccccc2)cnn1-c1ccccn1. The average Bonchev–Trinajstić information content (AvgIpc) is 3.12. The van der Waals surface area contributed by atoms with Crippen molar-refractivity contribution in [2.45, 2.75) is 6.92 Å². The van der Waals surface area contributed by atoms with Crippen LogP contribution in [0.3, 0.4) is 0 Å². The molecule has 6 heteroatoms. The van der Waals surface area contributed by atoms with Crippen molar-refractivity contribution >= 4 is 11.6 Å². The first-order valence-corrected chi connectivity index (χ1v) is 8.81. The molecule has 0 aliphatic rings. The van der Waals surface area contributed by atoms with Gasteiger partial charge in [-0.3, -0.25) is 4.79 Å². The molecular formula is C22H18N4O2. The summed E-state index contributed by atoms with van der Waals surface area (Å²) in [5, 5.41) is 7.22. The van der Waals surface area contributed by atoms with Crippen LogP contribution in [-0.2, 0) is 0 Å². The number of rotatable bonds is 5. The van der Waals surface area contributed by atoms with Crippen LogP contribution in [-0.4, -0.2) is 20.7 Å². The number of anilines is 1. The zero-order valence-corrected chi connectivity index (χ0v) is 15.2. The van der Waals surface area contributed by atoms with Gasteiger partial charge < -0.3 is 10.1 Å². The van der Waals surface area contributed by atoms with Gasteiger partial charge in [0, 0.05) is 6.20 Å². The van der Waals surface area contributed by atoms with E-state index in [0.717, 1.165) is 0 Å². The molecule has 28 heavy (non-hydrogen) atoms. The lowest BCUT2D eigenvalue weighted by Gasteiger charge is -2.12. The van der Waals surface area contributed by atoms with Gasteiger partial charge in [-0.1, -0.05) is 36.4 Å². The first kappa shape index (κ1) is 17.5. The van der Waals surface area contributed by atoms with Gasteiger partial charge in [0.1, 0.15) is 5.75 Å². The van der Waals surface area contributed by atoms with Gasteiger partial charge in [0.05, 0.1) is 23.1 Å². The zero-order valence-electron chi connectivity index (χ0n) is 15.2. The highest BCUT2D eigenvalue weighted by Crippen LogP contribution is 2.29. The predicted molar refractivity (Wildman–Crippen MR) is 107 cm³/mol.